The van der Waals surface area contributed by atoms with Gasteiger partial charge in [-0.1, -0.05) is 0 Å². The Morgan fingerprint density at radius 3 is 2.55 bits per heavy atom. The summed E-state index contributed by atoms with van der Waals surface area (Å²) in [5, 5.41) is 8.69. The van der Waals surface area contributed by atoms with E-state index in [1.54, 1.807) is 31.6 Å². The van der Waals surface area contributed by atoms with Gasteiger partial charge in [-0.05, 0) is 62.6 Å². The molecule has 1 saturated heterocycles. The monoisotopic (exact) mass is 633 g/mol. The van der Waals surface area contributed by atoms with Crippen LogP contribution in [0, 0.1) is 6.92 Å². The first-order chi connectivity index (χ1) is 21.0. The SMILES string of the molecule is COc1cc(N2CCC(N(C)C)C2)c(C)cc1Nc1nc(Nc2ccc3nccnc3c2N(C)S(C)(=O)=O)c2sccc2n1. The molecule has 1 fully saturated rings. The maximum Gasteiger partial charge on any atom is 0.232 e. The number of aromatic nitrogens is 4. The van der Waals surface area contributed by atoms with Gasteiger partial charge in [0.15, 0.2) is 5.82 Å². The summed E-state index contributed by atoms with van der Waals surface area (Å²) in [5.74, 6) is 1.59. The second-order valence-corrected chi connectivity index (χ2v) is 14.0. The van der Waals surface area contributed by atoms with E-state index in [4.69, 9.17) is 14.7 Å². The minimum absolute atomic E-state index is 0.372. The fourth-order valence-corrected chi connectivity index (χ4v) is 6.82. The van der Waals surface area contributed by atoms with E-state index < -0.39 is 10.0 Å². The predicted molar refractivity (Wildman–Crippen MR) is 179 cm³/mol. The summed E-state index contributed by atoms with van der Waals surface area (Å²) >= 11 is 1.49. The van der Waals surface area contributed by atoms with Crippen molar-refractivity contribution in [2.24, 2.45) is 0 Å². The van der Waals surface area contributed by atoms with Crippen molar-refractivity contribution in [1.29, 1.82) is 0 Å². The average molecular weight is 634 g/mol. The summed E-state index contributed by atoms with van der Waals surface area (Å²) in [4.78, 5) is 23.1. The number of thiophene rings is 1. The molecule has 5 aromatic rings. The maximum absolute atomic E-state index is 12.6. The number of sulfonamides is 1. The third-order valence-corrected chi connectivity index (χ3v) is 10.1. The first kappa shape index (κ1) is 29.8. The highest BCUT2D eigenvalue weighted by Crippen LogP contribution is 2.39. The number of benzene rings is 2. The van der Waals surface area contributed by atoms with E-state index in [9.17, 15) is 8.42 Å². The van der Waals surface area contributed by atoms with Gasteiger partial charge in [0.1, 0.15) is 17.0 Å². The lowest BCUT2D eigenvalue weighted by Crippen LogP contribution is -2.31. The summed E-state index contributed by atoms with van der Waals surface area (Å²) in [6.45, 7) is 4.05. The van der Waals surface area contributed by atoms with Gasteiger partial charge < -0.3 is 25.2 Å². The Bertz CT molecular complexity index is 1960. The second kappa shape index (κ2) is 11.7. The molecule has 230 valence electrons. The third kappa shape index (κ3) is 5.67. The Hall–Kier alpha value is -4.27. The molecule has 14 heteroatoms. The number of ether oxygens (including phenoxy) is 1. The molecule has 4 heterocycles. The van der Waals surface area contributed by atoms with Gasteiger partial charge in [0.05, 0.1) is 40.5 Å². The molecule has 2 N–H and O–H groups in total. The molecule has 3 aromatic heterocycles. The number of nitrogens with zero attached hydrogens (tertiary/aromatic N) is 7. The summed E-state index contributed by atoms with van der Waals surface area (Å²) < 4.78 is 33.1. The number of nitrogens with one attached hydrogen (secondary N) is 2. The number of hydrogen-bond acceptors (Lipinski definition) is 12. The van der Waals surface area contributed by atoms with Crippen molar-refractivity contribution in [3.63, 3.8) is 0 Å². The standard InChI is InChI=1S/C30H35N9O3S2/c1-18-15-23(25(42-5)16-24(18)39-13-9-19(17-39)37(2)3)35-30-34-22-10-14-43-28(22)29(36-30)33-21-8-7-20-26(32-12-11-31-20)27(21)38(4)44(6,40)41/h7-8,10-12,14-16,19H,9,13,17H2,1-6H3,(H2,33,34,35,36). The molecular weight excluding hydrogens is 599 g/mol. The minimum Gasteiger partial charge on any atom is -0.494 e. The highest BCUT2D eigenvalue weighted by molar-refractivity contribution is 7.92. The summed E-state index contributed by atoms with van der Waals surface area (Å²) in [6, 6.07) is 10.2. The molecule has 0 spiro atoms. The van der Waals surface area contributed by atoms with Crippen LogP contribution in [0.3, 0.4) is 0 Å². The smallest absolute Gasteiger partial charge is 0.232 e. The molecule has 1 aliphatic heterocycles. The highest BCUT2D eigenvalue weighted by atomic mass is 32.2. The fraction of sp³-hybridized carbons (Fsp3) is 0.333. The van der Waals surface area contributed by atoms with E-state index in [2.05, 4.69) is 63.6 Å². The molecule has 1 aliphatic rings. The highest BCUT2D eigenvalue weighted by Gasteiger charge is 2.26. The number of fused-ring (bicyclic) bond motifs is 2. The van der Waals surface area contributed by atoms with Gasteiger partial charge in [0.25, 0.3) is 0 Å². The zero-order valence-electron chi connectivity index (χ0n) is 25.5. The van der Waals surface area contributed by atoms with E-state index in [0.717, 1.165) is 52.9 Å². The number of aryl methyl sites for hydroxylation is 1. The van der Waals surface area contributed by atoms with E-state index >= 15 is 0 Å². The Balaban J connectivity index is 1.37. The Labute approximate surface area is 260 Å². The van der Waals surface area contributed by atoms with Gasteiger partial charge in [-0.3, -0.25) is 14.3 Å². The molecule has 6 rings (SSSR count). The Kier molecular flexibility index (Phi) is 7.90. The molecular formula is C30H35N9O3S2. The lowest BCUT2D eigenvalue weighted by Gasteiger charge is -2.25. The molecule has 1 unspecified atom stereocenters. The molecule has 44 heavy (non-hydrogen) atoms. The van der Waals surface area contributed by atoms with Crippen molar-refractivity contribution in [2.75, 3.05) is 67.4 Å². The van der Waals surface area contributed by atoms with Gasteiger partial charge in [-0.25, -0.2) is 13.4 Å². The molecule has 0 bridgehead atoms. The largest absolute Gasteiger partial charge is 0.494 e. The fourth-order valence-electron chi connectivity index (χ4n) is 5.53. The van der Waals surface area contributed by atoms with Crippen molar-refractivity contribution >= 4 is 77.1 Å². The second-order valence-electron chi connectivity index (χ2n) is 11.1. The van der Waals surface area contributed by atoms with Crippen LogP contribution in [0.2, 0.25) is 0 Å². The van der Waals surface area contributed by atoms with Gasteiger partial charge in [-0.15, -0.1) is 11.3 Å². The average Bonchev–Trinajstić information content (AvgIpc) is 3.67. The molecule has 12 nitrogen and oxygen atoms in total. The van der Waals surface area contributed by atoms with E-state index in [-0.39, 0.29) is 0 Å². The normalized spacial score (nSPS) is 15.3. The van der Waals surface area contributed by atoms with Crippen LogP contribution in [-0.4, -0.2) is 86.9 Å². The maximum atomic E-state index is 12.6. The van der Waals surface area contributed by atoms with Gasteiger partial charge >= 0.3 is 0 Å². The third-order valence-electron chi connectivity index (χ3n) is 7.98. The van der Waals surface area contributed by atoms with Crippen molar-refractivity contribution < 1.29 is 13.2 Å². The number of hydrogen-bond donors (Lipinski definition) is 2. The summed E-state index contributed by atoms with van der Waals surface area (Å²) in [7, 11) is 3.80. The van der Waals surface area contributed by atoms with Crippen molar-refractivity contribution in [1.82, 2.24) is 24.8 Å². The van der Waals surface area contributed by atoms with Crippen LogP contribution in [-0.2, 0) is 10.0 Å². The van der Waals surface area contributed by atoms with Gasteiger partial charge in [0, 0.05) is 50.3 Å². The first-order valence-corrected chi connectivity index (χ1v) is 16.8. The minimum atomic E-state index is -3.61. The summed E-state index contributed by atoms with van der Waals surface area (Å²) in [6.07, 6.45) is 5.39. The van der Waals surface area contributed by atoms with Crippen LogP contribution >= 0.6 is 11.3 Å². The van der Waals surface area contributed by atoms with Crippen molar-refractivity contribution in [3.05, 3.63) is 53.7 Å². The lowest BCUT2D eigenvalue weighted by atomic mass is 10.1. The van der Waals surface area contributed by atoms with Crippen LogP contribution in [0.4, 0.5) is 34.5 Å². The molecule has 0 aliphatic carbocycles. The van der Waals surface area contributed by atoms with Crippen LogP contribution < -0.4 is 24.6 Å². The van der Waals surface area contributed by atoms with Crippen LogP contribution in [0.15, 0.2) is 48.1 Å². The van der Waals surface area contributed by atoms with Crippen molar-refractivity contribution in [3.8, 4) is 5.75 Å². The number of likely N-dealkylation sites (N-methyl/N-ethyl adjacent to an activating group) is 1. The topological polar surface area (TPSA) is 129 Å². The van der Waals surface area contributed by atoms with Gasteiger partial charge in [-0.2, -0.15) is 4.98 Å². The van der Waals surface area contributed by atoms with Crippen LogP contribution in [0.5, 0.6) is 5.75 Å². The van der Waals surface area contributed by atoms with E-state index in [1.807, 2.05) is 11.4 Å². The van der Waals surface area contributed by atoms with Crippen LogP contribution in [0.25, 0.3) is 21.3 Å². The van der Waals surface area contributed by atoms with Gasteiger partial charge in [0.2, 0.25) is 16.0 Å². The quantitative estimate of drug-likeness (QED) is 0.228. The number of anilines is 6. The number of methoxy groups -OCH3 is 1. The van der Waals surface area contributed by atoms with Crippen molar-refractivity contribution in [2.45, 2.75) is 19.4 Å². The molecule has 0 saturated carbocycles. The molecule has 0 radical (unpaired) electrons. The molecule has 2 aromatic carbocycles. The zero-order chi connectivity index (χ0) is 31.2. The Morgan fingerprint density at radius 1 is 1.02 bits per heavy atom. The first-order valence-electron chi connectivity index (χ1n) is 14.1. The van der Waals surface area contributed by atoms with Crippen LogP contribution in [0.1, 0.15) is 12.0 Å². The van der Waals surface area contributed by atoms with E-state index in [1.165, 1.54) is 22.7 Å². The molecule has 1 atom stereocenters. The lowest BCUT2D eigenvalue weighted by molar-refractivity contribution is 0.315. The zero-order valence-corrected chi connectivity index (χ0v) is 27.1. The summed E-state index contributed by atoms with van der Waals surface area (Å²) in [5.41, 5.74) is 5.68. The molecule has 0 amide bonds. The predicted octanol–water partition coefficient (Wildman–Crippen LogP) is 4.97. The Morgan fingerprint density at radius 2 is 1.82 bits per heavy atom. The van der Waals surface area contributed by atoms with E-state index in [0.29, 0.717) is 46.0 Å². The number of rotatable bonds is 9.